The summed E-state index contributed by atoms with van der Waals surface area (Å²) in [5.41, 5.74) is 2.56. The molecule has 35 heavy (non-hydrogen) atoms. The Hall–Kier alpha value is -3.31. The van der Waals surface area contributed by atoms with Crippen molar-refractivity contribution < 1.29 is 13.9 Å². The number of ether oxygens (including phenoxy) is 1. The van der Waals surface area contributed by atoms with E-state index in [0.29, 0.717) is 34.9 Å². The maximum absolute atomic E-state index is 12.5. The van der Waals surface area contributed by atoms with Crippen molar-refractivity contribution in [3.05, 3.63) is 71.7 Å². The summed E-state index contributed by atoms with van der Waals surface area (Å²) in [5.74, 6) is 2.89. The van der Waals surface area contributed by atoms with Crippen molar-refractivity contribution in [1.82, 2.24) is 24.7 Å². The molecule has 0 saturated carbocycles. The summed E-state index contributed by atoms with van der Waals surface area (Å²) in [4.78, 5) is 21.5. The lowest BCUT2D eigenvalue weighted by Crippen LogP contribution is -2.15. The molecule has 0 saturated heterocycles. The highest BCUT2D eigenvalue weighted by molar-refractivity contribution is 7.99. The highest BCUT2D eigenvalue weighted by Crippen LogP contribution is 2.25. The minimum Gasteiger partial charge on any atom is -0.494 e. The number of nitrogens with zero attached hydrogens (tertiary/aromatic N) is 5. The molecule has 9 nitrogen and oxygen atoms in total. The number of furan rings is 1. The van der Waals surface area contributed by atoms with Crippen LogP contribution in [0.3, 0.4) is 0 Å². The van der Waals surface area contributed by atoms with Crippen LogP contribution in [0.2, 0.25) is 0 Å². The van der Waals surface area contributed by atoms with Crippen LogP contribution in [-0.2, 0) is 17.1 Å². The molecular formula is C24H26N6O3S2. The normalized spacial score (nSPS) is 10.9. The molecule has 0 fully saturated rings. The van der Waals surface area contributed by atoms with E-state index in [1.165, 1.54) is 23.5 Å². The van der Waals surface area contributed by atoms with Gasteiger partial charge in [-0.1, -0.05) is 23.5 Å². The Labute approximate surface area is 212 Å². The van der Waals surface area contributed by atoms with Gasteiger partial charge in [0.1, 0.15) is 17.3 Å². The summed E-state index contributed by atoms with van der Waals surface area (Å²) in [5, 5.41) is 12.9. The monoisotopic (exact) mass is 510 g/mol. The largest absolute Gasteiger partial charge is 0.494 e. The zero-order valence-electron chi connectivity index (χ0n) is 19.7. The standard InChI is InChI=1S/C24H26N6O3S2/c1-4-32-19-9-7-18(8-10-19)27-22(31)15-35-24-29-28-21(30(24)13-20-6-5-11-33-20)14-34-23-25-16(2)12-17(3)26-23/h5-12H,4,13-15H2,1-3H3,(H,27,31). The van der Waals surface area contributed by atoms with Crippen molar-refractivity contribution in [1.29, 1.82) is 0 Å². The van der Waals surface area contributed by atoms with Crippen LogP contribution >= 0.6 is 23.5 Å². The predicted octanol–water partition coefficient (Wildman–Crippen LogP) is 4.75. The third-order valence-electron chi connectivity index (χ3n) is 4.76. The number of aromatic nitrogens is 5. The summed E-state index contributed by atoms with van der Waals surface area (Å²) in [6.07, 6.45) is 1.63. The van der Waals surface area contributed by atoms with E-state index >= 15 is 0 Å². The lowest BCUT2D eigenvalue weighted by Gasteiger charge is -2.09. The molecule has 0 spiro atoms. The molecule has 0 atom stereocenters. The van der Waals surface area contributed by atoms with Crippen LogP contribution in [0.1, 0.15) is 29.9 Å². The number of thioether (sulfide) groups is 2. The minimum absolute atomic E-state index is 0.133. The van der Waals surface area contributed by atoms with E-state index < -0.39 is 0 Å². The maximum Gasteiger partial charge on any atom is 0.234 e. The first-order valence-electron chi connectivity index (χ1n) is 11.0. The van der Waals surface area contributed by atoms with Gasteiger partial charge in [-0.2, -0.15) is 0 Å². The van der Waals surface area contributed by atoms with Crippen molar-refractivity contribution >= 4 is 35.1 Å². The summed E-state index contributed by atoms with van der Waals surface area (Å²) in [6, 6.07) is 13.0. The van der Waals surface area contributed by atoms with Gasteiger partial charge >= 0.3 is 0 Å². The van der Waals surface area contributed by atoms with Gasteiger partial charge in [-0.25, -0.2) is 9.97 Å². The quantitative estimate of drug-likeness (QED) is 0.226. The van der Waals surface area contributed by atoms with Gasteiger partial charge in [0, 0.05) is 17.1 Å². The van der Waals surface area contributed by atoms with Gasteiger partial charge in [0.15, 0.2) is 10.3 Å². The number of nitrogens with one attached hydrogen (secondary N) is 1. The molecule has 1 aromatic carbocycles. The Kier molecular flexibility index (Phi) is 8.43. The first-order valence-corrected chi connectivity index (χ1v) is 13.0. The second kappa shape index (κ2) is 11.9. The predicted molar refractivity (Wildman–Crippen MR) is 136 cm³/mol. The number of rotatable bonds is 11. The fourth-order valence-corrected chi connectivity index (χ4v) is 4.91. The molecule has 0 radical (unpaired) electrons. The molecule has 0 aliphatic carbocycles. The van der Waals surface area contributed by atoms with E-state index in [4.69, 9.17) is 9.15 Å². The highest BCUT2D eigenvalue weighted by atomic mass is 32.2. The van der Waals surface area contributed by atoms with Crippen molar-refractivity contribution in [2.45, 2.75) is 43.4 Å². The van der Waals surface area contributed by atoms with Gasteiger partial charge in [-0.05, 0) is 63.2 Å². The molecule has 4 aromatic rings. The Morgan fingerprint density at radius 2 is 1.86 bits per heavy atom. The van der Waals surface area contributed by atoms with Crippen molar-refractivity contribution in [2.75, 3.05) is 17.7 Å². The number of hydrogen-bond donors (Lipinski definition) is 1. The molecule has 0 bridgehead atoms. The van der Waals surface area contributed by atoms with Crippen LogP contribution in [0.4, 0.5) is 5.69 Å². The average Bonchev–Trinajstić information content (AvgIpc) is 3.48. The molecule has 4 rings (SSSR count). The molecular weight excluding hydrogens is 484 g/mol. The first kappa shape index (κ1) is 24.8. The van der Waals surface area contributed by atoms with Crippen molar-refractivity contribution in [2.24, 2.45) is 0 Å². The number of carbonyl (C=O) groups excluding carboxylic acids is 1. The van der Waals surface area contributed by atoms with Gasteiger partial charge in [0.25, 0.3) is 0 Å². The van der Waals surface area contributed by atoms with E-state index in [2.05, 4.69) is 25.5 Å². The van der Waals surface area contributed by atoms with Gasteiger partial charge in [0.05, 0.1) is 30.9 Å². The fourth-order valence-electron chi connectivity index (χ4n) is 3.27. The van der Waals surface area contributed by atoms with Crippen LogP contribution in [0.5, 0.6) is 5.75 Å². The number of hydrogen-bond acceptors (Lipinski definition) is 9. The minimum atomic E-state index is -0.133. The van der Waals surface area contributed by atoms with E-state index in [-0.39, 0.29) is 11.7 Å². The average molecular weight is 511 g/mol. The Morgan fingerprint density at radius 3 is 2.54 bits per heavy atom. The Bertz CT molecular complexity index is 1240. The summed E-state index contributed by atoms with van der Waals surface area (Å²) >= 11 is 2.82. The number of carbonyl (C=O) groups is 1. The van der Waals surface area contributed by atoms with Crippen LogP contribution in [-0.4, -0.2) is 43.0 Å². The molecule has 11 heteroatoms. The third-order valence-corrected chi connectivity index (χ3v) is 6.57. The van der Waals surface area contributed by atoms with Crippen LogP contribution < -0.4 is 10.1 Å². The van der Waals surface area contributed by atoms with Crippen LogP contribution in [0.25, 0.3) is 0 Å². The van der Waals surface area contributed by atoms with E-state index in [1.807, 2.05) is 67.8 Å². The number of aryl methyl sites for hydroxylation is 2. The van der Waals surface area contributed by atoms with Crippen LogP contribution in [0, 0.1) is 13.8 Å². The second-order valence-corrected chi connectivity index (χ2v) is 9.47. The first-order chi connectivity index (χ1) is 17.0. The Morgan fingerprint density at radius 1 is 1.09 bits per heavy atom. The lowest BCUT2D eigenvalue weighted by atomic mass is 10.3. The number of benzene rings is 1. The van der Waals surface area contributed by atoms with Gasteiger partial charge < -0.3 is 14.5 Å². The molecule has 1 N–H and O–H groups in total. The highest BCUT2D eigenvalue weighted by Gasteiger charge is 2.17. The summed E-state index contributed by atoms with van der Waals surface area (Å²) in [7, 11) is 0. The summed E-state index contributed by atoms with van der Waals surface area (Å²) in [6.45, 7) is 6.89. The van der Waals surface area contributed by atoms with E-state index in [9.17, 15) is 4.79 Å². The molecule has 0 unspecified atom stereocenters. The number of amides is 1. The molecule has 0 aliphatic rings. The smallest absolute Gasteiger partial charge is 0.234 e. The molecule has 3 heterocycles. The topological polar surface area (TPSA) is 108 Å². The zero-order valence-corrected chi connectivity index (χ0v) is 21.4. The van der Waals surface area contributed by atoms with Gasteiger partial charge in [0.2, 0.25) is 5.91 Å². The molecule has 3 aromatic heterocycles. The number of anilines is 1. The van der Waals surface area contributed by atoms with Gasteiger partial charge in [-0.15, -0.1) is 10.2 Å². The second-order valence-electron chi connectivity index (χ2n) is 7.58. The lowest BCUT2D eigenvalue weighted by molar-refractivity contribution is -0.113. The van der Waals surface area contributed by atoms with Crippen molar-refractivity contribution in [3.63, 3.8) is 0 Å². The molecule has 182 valence electrons. The fraction of sp³-hybridized carbons (Fsp3) is 0.292. The maximum atomic E-state index is 12.5. The molecule has 0 aliphatic heterocycles. The third kappa shape index (κ3) is 7.09. The Balaban J connectivity index is 1.42. The zero-order chi connectivity index (χ0) is 24.6. The van der Waals surface area contributed by atoms with Gasteiger partial charge in [-0.3, -0.25) is 9.36 Å². The molecule has 1 amide bonds. The van der Waals surface area contributed by atoms with Crippen LogP contribution in [0.15, 0.2) is 63.5 Å². The summed E-state index contributed by atoms with van der Waals surface area (Å²) < 4.78 is 12.9. The van der Waals surface area contributed by atoms with E-state index in [0.717, 1.165) is 28.7 Å². The van der Waals surface area contributed by atoms with Crippen molar-refractivity contribution in [3.8, 4) is 5.75 Å². The SMILES string of the molecule is CCOc1ccc(NC(=O)CSc2nnc(CSc3nc(C)cc(C)n3)n2Cc2ccco2)cc1. The van der Waals surface area contributed by atoms with E-state index in [1.54, 1.807) is 6.26 Å².